The molecule has 0 saturated carbocycles. The monoisotopic (exact) mass is 355 g/mol. The van der Waals surface area contributed by atoms with Gasteiger partial charge in [-0.1, -0.05) is 18.3 Å². The van der Waals surface area contributed by atoms with Crippen molar-refractivity contribution in [2.24, 2.45) is 5.92 Å². The summed E-state index contributed by atoms with van der Waals surface area (Å²) in [6.45, 7) is 6.49. The third kappa shape index (κ3) is 3.21. The fourth-order valence-corrected chi connectivity index (χ4v) is 4.29. The third-order valence-electron chi connectivity index (χ3n) is 4.45. The average Bonchev–Trinajstić information content (AvgIpc) is 3.04. The van der Waals surface area contributed by atoms with Gasteiger partial charge in [-0.15, -0.1) is 0 Å². The van der Waals surface area contributed by atoms with Gasteiger partial charge in [0.2, 0.25) is 0 Å². The van der Waals surface area contributed by atoms with E-state index in [1.807, 2.05) is 13.1 Å². The SMILES string of the molecule is Cc1cnc(Nc2cc(N)ncn2)c2sc(N3CCC[C@@H](C)C3)nc12. The molecule has 130 valence electrons. The van der Waals surface area contributed by atoms with Crippen molar-refractivity contribution in [1.29, 1.82) is 0 Å². The zero-order valence-corrected chi connectivity index (χ0v) is 15.2. The Kier molecular flexibility index (Phi) is 4.12. The van der Waals surface area contributed by atoms with Gasteiger partial charge in [0.05, 0.1) is 10.2 Å². The van der Waals surface area contributed by atoms with Gasteiger partial charge in [-0.3, -0.25) is 0 Å². The van der Waals surface area contributed by atoms with Crippen LogP contribution in [0.2, 0.25) is 0 Å². The number of aryl methyl sites for hydroxylation is 1. The minimum atomic E-state index is 0.424. The van der Waals surface area contributed by atoms with Crippen LogP contribution in [0, 0.1) is 12.8 Å². The first-order valence-corrected chi connectivity index (χ1v) is 9.27. The summed E-state index contributed by atoms with van der Waals surface area (Å²) in [6.07, 6.45) is 5.80. The van der Waals surface area contributed by atoms with Crippen LogP contribution < -0.4 is 16.0 Å². The van der Waals surface area contributed by atoms with Gasteiger partial charge >= 0.3 is 0 Å². The highest BCUT2D eigenvalue weighted by Gasteiger charge is 2.21. The van der Waals surface area contributed by atoms with Crippen LogP contribution in [0.4, 0.5) is 22.6 Å². The van der Waals surface area contributed by atoms with Crippen LogP contribution in [0.1, 0.15) is 25.3 Å². The first-order chi connectivity index (χ1) is 12.1. The molecule has 25 heavy (non-hydrogen) atoms. The number of aromatic nitrogens is 4. The molecule has 0 amide bonds. The second-order valence-corrected chi connectivity index (χ2v) is 7.59. The Morgan fingerprint density at radius 3 is 3.00 bits per heavy atom. The molecule has 1 saturated heterocycles. The molecule has 4 heterocycles. The lowest BCUT2D eigenvalue weighted by Crippen LogP contribution is -2.34. The van der Waals surface area contributed by atoms with Gasteiger partial charge in [-0.2, -0.15) is 0 Å². The van der Waals surface area contributed by atoms with Crippen molar-refractivity contribution >= 4 is 44.1 Å². The van der Waals surface area contributed by atoms with Gasteiger partial charge in [-0.25, -0.2) is 19.9 Å². The van der Waals surface area contributed by atoms with E-state index in [9.17, 15) is 0 Å². The highest BCUT2D eigenvalue weighted by Crippen LogP contribution is 2.36. The van der Waals surface area contributed by atoms with Crippen molar-refractivity contribution in [1.82, 2.24) is 19.9 Å². The predicted octanol–water partition coefficient (Wildman–Crippen LogP) is 3.35. The minimum absolute atomic E-state index is 0.424. The topological polar surface area (TPSA) is 92.8 Å². The van der Waals surface area contributed by atoms with Crippen molar-refractivity contribution in [3.8, 4) is 0 Å². The number of hydrogen-bond acceptors (Lipinski definition) is 8. The molecule has 0 unspecified atom stereocenters. The smallest absolute Gasteiger partial charge is 0.186 e. The van der Waals surface area contributed by atoms with Gasteiger partial charge in [0, 0.05) is 25.4 Å². The molecule has 4 rings (SSSR count). The summed E-state index contributed by atoms with van der Waals surface area (Å²) in [5.41, 5.74) is 7.81. The summed E-state index contributed by atoms with van der Waals surface area (Å²) >= 11 is 1.69. The normalized spacial score (nSPS) is 17.8. The van der Waals surface area contributed by atoms with E-state index in [0.29, 0.717) is 17.6 Å². The molecule has 8 heteroatoms. The Morgan fingerprint density at radius 2 is 2.20 bits per heavy atom. The van der Waals surface area contributed by atoms with Crippen molar-refractivity contribution in [3.05, 3.63) is 24.2 Å². The Balaban J connectivity index is 1.71. The molecule has 1 atom stereocenters. The first-order valence-electron chi connectivity index (χ1n) is 8.46. The number of nitrogens with two attached hydrogens (primary N) is 1. The minimum Gasteiger partial charge on any atom is -0.384 e. The molecule has 3 N–H and O–H groups in total. The van der Waals surface area contributed by atoms with Crippen LogP contribution >= 0.6 is 11.3 Å². The van der Waals surface area contributed by atoms with E-state index in [-0.39, 0.29) is 0 Å². The lowest BCUT2D eigenvalue weighted by atomic mass is 10.0. The zero-order valence-electron chi connectivity index (χ0n) is 14.4. The van der Waals surface area contributed by atoms with Crippen LogP contribution in [-0.2, 0) is 0 Å². The quantitative estimate of drug-likeness (QED) is 0.744. The zero-order chi connectivity index (χ0) is 17.4. The fourth-order valence-electron chi connectivity index (χ4n) is 3.17. The van der Waals surface area contributed by atoms with Crippen molar-refractivity contribution in [2.75, 3.05) is 29.0 Å². The molecule has 0 aromatic carbocycles. The van der Waals surface area contributed by atoms with Gasteiger partial charge in [0.25, 0.3) is 0 Å². The highest BCUT2D eigenvalue weighted by atomic mass is 32.1. The van der Waals surface area contributed by atoms with Gasteiger partial charge in [0.1, 0.15) is 18.0 Å². The number of nitrogens with one attached hydrogen (secondary N) is 1. The average molecular weight is 355 g/mol. The molecule has 7 nitrogen and oxygen atoms in total. The molecule has 0 radical (unpaired) electrons. The summed E-state index contributed by atoms with van der Waals surface area (Å²) in [7, 11) is 0. The lowest BCUT2D eigenvalue weighted by molar-refractivity contribution is 0.446. The summed E-state index contributed by atoms with van der Waals surface area (Å²) in [4.78, 5) is 20.0. The van der Waals surface area contributed by atoms with E-state index >= 15 is 0 Å². The van der Waals surface area contributed by atoms with Crippen molar-refractivity contribution in [2.45, 2.75) is 26.7 Å². The molecule has 0 aliphatic carbocycles. The van der Waals surface area contributed by atoms with Gasteiger partial charge in [0.15, 0.2) is 10.9 Å². The number of piperidine rings is 1. The van der Waals surface area contributed by atoms with Crippen molar-refractivity contribution in [3.63, 3.8) is 0 Å². The maximum absolute atomic E-state index is 5.74. The molecule has 3 aromatic heterocycles. The Bertz CT molecular complexity index is 907. The number of fused-ring (bicyclic) bond motifs is 1. The van der Waals surface area contributed by atoms with Crippen LogP contribution in [0.5, 0.6) is 0 Å². The van der Waals surface area contributed by atoms with Crippen molar-refractivity contribution < 1.29 is 0 Å². The molecule has 1 fully saturated rings. The van der Waals surface area contributed by atoms with Gasteiger partial charge in [-0.05, 0) is 31.2 Å². The second-order valence-electron chi connectivity index (χ2n) is 6.61. The fraction of sp³-hybridized carbons (Fsp3) is 0.412. The van der Waals surface area contributed by atoms with E-state index in [2.05, 4.69) is 32.1 Å². The number of rotatable bonds is 3. The lowest BCUT2D eigenvalue weighted by Gasteiger charge is -2.30. The van der Waals surface area contributed by atoms with E-state index in [1.54, 1.807) is 17.4 Å². The van der Waals surface area contributed by atoms with Gasteiger partial charge < -0.3 is 16.0 Å². The first kappa shape index (κ1) is 16.0. The second kappa shape index (κ2) is 6.44. The number of pyridine rings is 1. The third-order valence-corrected chi connectivity index (χ3v) is 5.58. The van der Waals surface area contributed by atoms with Crippen LogP contribution in [0.25, 0.3) is 10.2 Å². The number of thiazole rings is 1. The Labute approximate surface area is 150 Å². The molecule has 0 spiro atoms. The number of hydrogen-bond donors (Lipinski definition) is 2. The molecule has 0 bridgehead atoms. The summed E-state index contributed by atoms with van der Waals surface area (Å²) in [5, 5.41) is 4.32. The van der Waals surface area contributed by atoms with E-state index < -0.39 is 0 Å². The summed E-state index contributed by atoms with van der Waals surface area (Å²) < 4.78 is 1.05. The predicted molar refractivity (Wildman–Crippen MR) is 102 cm³/mol. The molecular formula is C17H21N7S. The number of anilines is 4. The van der Waals surface area contributed by atoms with E-state index in [4.69, 9.17) is 10.7 Å². The molecular weight excluding hydrogens is 334 g/mol. The maximum Gasteiger partial charge on any atom is 0.186 e. The Morgan fingerprint density at radius 1 is 1.32 bits per heavy atom. The summed E-state index contributed by atoms with van der Waals surface area (Å²) in [5.74, 6) is 2.52. The maximum atomic E-state index is 5.74. The summed E-state index contributed by atoms with van der Waals surface area (Å²) in [6, 6.07) is 1.70. The molecule has 3 aromatic rings. The van der Waals surface area contributed by atoms with E-state index in [1.165, 1.54) is 19.2 Å². The molecule has 1 aliphatic heterocycles. The number of nitrogens with zero attached hydrogens (tertiary/aromatic N) is 5. The standard InChI is InChI=1S/C17H21N7S/c1-10-4-3-5-24(8-10)17-23-14-11(2)7-19-16(15(14)25-17)22-13-6-12(18)20-9-21-13/h6-7,9-10H,3-5,8H2,1-2H3,(H3,18,19,20,21,22)/t10-/m1/s1. The van der Waals surface area contributed by atoms with E-state index in [0.717, 1.165) is 39.8 Å². The van der Waals surface area contributed by atoms with Crippen LogP contribution in [-0.4, -0.2) is 33.0 Å². The number of nitrogen functional groups attached to an aromatic ring is 1. The van der Waals surface area contributed by atoms with Crippen LogP contribution in [0.3, 0.4) is 0 Å². The highest BCUT2D eigenvalue weighted by molar-refractivity contribution is 7.22. The van der Waals surface area contributed by atoms with Crippen LogP contribution in [0.15, 0.2) is 18.6 Å². The Hall–Kier alpha value is -2.48. The largest absolute Gasteiger partial charge is 0.384 e. The molecule has 1 aliphatic rings.